The molecule has 84 valence electrons. The van der Waals surface area contributed by atoms with E-state index in [4.69, 9.17) is 4.74 Å². The standard InChI is InChI=1S/C9H10N4O3/c1-15-7-8(11-5-12-9(7)14)10-4-6-2-3-16-13-6/h2-3,5H,4H2,1H3,(H2,10,11,12,14). The molecule has 0 fully saturated rings. The average molecular weight is 222 g/mol. The molecule has 0 bridgehead atoms. The average Bonchev–Trinajstić information content (AvgIpc) is 2.79. The Morgan fingerprint density at radius 1 is 1.62 bits per heavy atom. The lowest BCUT2D eigenvalue weighted by Crippen LogP contribution is -2.14. The van der Waals surface area contributed by atoms with Gasteiger partial charge in [-0.2, -0.15) is 0 Å². The minimum atomic E-state index is -0.333. The molecule has 0 spiro atoms. The van der Waals surface area contributed by atoms with Crippen LogP contribution < -0.4 is 15.6 Å². The third kappa shape index (κ3) is 2.02. The molecular weight excluding hydrogens is 212 g/mol. The molecule has 16 heavy (non-hydrogen) atoms. The van der Waals surface area contributed by atoms with E-state index in [1.165, 1.54) is 19.7 Å². The summed E-state index contributed by atoms with van der Waals surface area (Å²) in [6.45, 7) is 0.406. The zero-order valence-corrected chi connectivity index (χ0v) is 8.56. The Labute approximate surface area is 90.4 Å². The molecule has 2 rings (SSSR count). The number of aromatic amines is 1. The van der Waals surface area contributed by atoms with Crippen molar-refractivity contribution in [1.29, 1.82) is 0 Å². The Hall–Kier alpha value is -2.31. The fraction of sp³-hybridized carbons (Fsp3) is 0.222. The van der Waals surface area contributed by atoms with Crippen LogP contribution in [0.4, 0.5) is 5.82 Å². The number of methoxy groups -OCH3 is 1. The molecule has 0 aliphatic heterocycles. The van der Waals surface area contributed by atoms with Gasteiger partial charge in [-0.3, -0.25) is 4.79 Å². The van der Waals surface area contributed by atoms with E-state index in [-0.39, 0.29) is 11.3 Å². The summed E-state index contributed by atoms with van der Waals surface area (Å²) >= 11 is 0. The third-order valence-electron chi connectivity index (χ3n) is 1.94. The molecule has 0 saturated carbocycles. The van der Waals surface area contributed by atoms with E-state index in [1.807, 2.05) is 0 Å². The van der Waals surface area contributed by atoms with Crippen molar-refractivity contribution in [1.82, 2.24) is 15.1 Å². The molecule has 0 radical (unpaired) electrons. The van der Waals surface area contributed by atoms with Crippen LogP contribution in [0.1, 0.15) is 5.69 Å². The molecule has 2 aromatic rings. The Morgan fingerprint density at radius 2 is 2.50 bits per heavy atom. The fourth-order valence-corrected chi connectivity index (χ4v) is 1.21. The first-order valence-electron chi connectivity index (χ1n) is 4.56. The minimum absolute atomic E-state index is 0.144. The van der Waals surface area contributed by atoms with E-state index in [0.29, 0.717) is 18.1 Å². The van der Waals surface area contributed by atoms with Crippen LogP contribution in [0.25, 0.3) is 0 Å². The van der Waals surface area contributed by atoms with Gasteiger partial charge in [0.1, 0.15) is 12.0 Å². The number of nitrogens with one attached hydrogen (secondary N) is 2. The number of nitrogens with zero attached hydrogens (tertiary/aromatic N) is 2. The highest BCUT2D eigenvalue weighted by atomic mass is 16.5. The van der Waals surface area contributed by atoms with Gasteiger partial charge in [0, 0.05) is 6.07 Å². The SMILES string of the molecule is COc1c(NCc2ccon2)nc[nH]c1=O. The Kier molecular flexibility index (Phi) is 2.86. The molecule has 2 heterocycles. The van der Waals surface area contributed by atoms with Crippen LogP contribution in [-0.2, 0) is 6.54 Å². The summed E-state index contributed by atoms with van der Waals surface area (Å²) in [5, 5.41) is 6.65. The van der Waals surface area contributed by atoms with Gasteiger partial charge < -0.3 is 19.6 Å². The number of anilines is 1. The first-order valence-corrected chi connectivity index (χ1v) is 4.56. The van der Waals surface area contributed by atoms with Gasteiger partial charge >= 0.3 is 0 Å². The van der Waals surface area contributed by atoms with Crippen LogP contribution in [0.2, 0.25) is 0 Å². The van der Waals surface area contributed by atoms with Gasteiger partial charge in [-0.1, -0.05) is 5.16 Å². The van der Waals surface area contributed by atoms with E-state index in [1.54, 1.807) is 6.07 Å². The number of H-pyrrole nitrogens is 1. The van der Waals surface area contributed by atoms with E-state index in [2.05, 4.69) is 25.0 Å². The lowest BCUT2D eigenvalue weighted by molar-refractivity contribution is 0.406. The smallest absolute Gasteiger partial charge is 0.295 e. The summed E-state index contributed by atoms with van der Waals surface area (Å²) in [5.74, 6) is 0.514. The zero-order chi connectivity index (χ0) is 11.4. The van der Waals surface area contributed by atoms with E-state index in [0.717, 1.165) is 0 Å². The van der Waals surface area contributed by atoms with Crippen molar-refractivity contribution in [2.24, 2.45) is 0 Å². The molecule has 0 atom stereocenters. The van der Waals surface area contributed by atoms with Crippen molar-refractivity contribution < 1.29 is 9.26 Å². The number of hydrogen-bond acceptors (Lipinski definition) is 6. The third-order valence-corrected chi connectivity index (χ3v) is 1.94. The van der Waals surface area contributed by atoms with E-state index in [9.17, 15) is 4.79 Å². The molecule has 2 aromatic heterocycles. The van der Waals surface area contributed by atoms with Crippen LogP contribution in [-0.4, -0.2) is 22.2 Å². The van der Waals surface area contributed by atoms with Gasteiger partial charge in [0.2, 0.25) is 5.75 Å². The van der Waals surface area contributed by atoms with Crippen molar-refractivity contribution in [2.45, 2.75) is 6.54 Å². The second-order valence-electron chi connectivity index (χ2n) is 2.96. The highest BCUT2D eigenvalue weighted by Crippen LogP contribution is 2.14. The lowest BCUT2D eigenvalue weighted by Gasteiger charge is -2.06. The summed E-state index contributed by atoms with van der Waals surface area (Å²) in [6.07, 6.45) is 2.77. The maximum Gasteiger partial charge on any atom is 0.295 e. The van der Waals surface area contributed by atoms with Gasteiger partial charge in [0.05, 0.1) is 20.0 Å². The molecule has 0 aliphatic rings. The van der Waals surface area contributed by atoms with Gasteiger partial charge in [-0.05, 0) is 0 Å². The van der Waals surface area contributed by atoms with Gasteiger partial charge in [-0.25, -0.2) is 4.98 Å². The van der Waals surface area contributed by atoms with Crippen molar-refractivity contribution in [3.63, 3.8) is 0 Å². The Balaban J connectivity index is 2.15. The first-order chi connectivity index (χ1) is 7.81. The molecule has 0 saturated heterocycles. The Bertz CT molecular complexity index is 506. The number of rotatable bonds is 4. The van der Waals surface area contributed by atoms with Crippen molar-refractivity contribution in [3.05, 3.63) is 34.7 Å². The maximum absolute atomic E-state index is 11.3. The minimum Gasteiger partial charge on any atom is -0.489 e. The highest BCUT2D eigenvalue weighted by molar-refractivity contribution is 5.47. The summed E-state index contributed by atoms with van der Waals surface area (Å²) in [4.78, 5) is 17.7. The molecule has 0 unspecified atom stereocenters. The van der Waals surface area contributed by atoms with Gasteiger partial charge in [-0.15, -0.1) is 0 Å². The molecule has 2 N–H and O–H groups in total. The zero-order valence-electron chi connectivity index (χ0n) is 8.56. The fourth-order valence-electron chi connectivity index (χ4n) is 1.21. The van der Waals surface area contributed by atoms with Crippen LogP contribution in [0.3, 0.4) is 0 Å². The van der Waals surface area contributed by atoms with Gasteiger partial charge in [0.15, 0.2) is 5.82 Å². The summed E-state index contributed by atoms with van der Waals surface area (Å²) in [5.41, 5.74) is 0.379. The number of hydrogen-bond donors (Lipinski definition) is 2. The lowest BCUT2D eigenvalue weighted by atomic mass is 10.4. The first kappa shape index (κ1) is 10.2. The quantitative estimate of drug-likeness (QED) is 0.776. The van der Waals surface area contributed by atoms with Crippen molar-refractivity contribution >= 4 is 5.82 Å². The van der Waals surface area contributed by atoms with Crippen LogP contribution in [0.5, 0.6) is 5.75 Å². The second-order valence-corrected chi connectivity index (χ2v) is 2.96. The number of ether oxygens (including phenoxy) is 1. The predicted molar refractivity (Wildman–Crippen MR) is 55.2 cm³/mol. The topological polar surface area (TPSA) is 93.0 Å². The highest BCUT2D eigenvalue weighted by Gasteiger charge is 2.08. The normalized spacial score (nSPS) is 10.1. The summed E-state index contributed by atoms with van der Waals surface area (Å²) < 4.78 is 9.61. The molecule has 7 heteroatoms. The maximum atomic E-state index is 11.3. The second kappa shape index (κ2) is 4.47. The molecule has 0 aromatic carbocycles. The molecule has 0 amide bonds. The molecule has 0 aliphatic carbocycles. The van der Waals surface area contributed by atoms with Crippen LogP contribution in [0.15, 0.2) is 28.0 Å². The molecule has 7 nitrogen and oxygen atoms in total. The van der Waals surface area contributed by atoms with Crippen molar-refractivity contribution in [3.8, 4) is 5.75 Å². The van der Waals surface area contributed by atoms with E-state index < -0.39 is 0 Å². The summed E-state index contributed by atoms with van der Waals surface area (Å²) in [6, 6.07) is 1.71. The number of aromatic nitrogens is 3. The van der Waals surface area contributed by atoms with Crippen LogP contribution in [0, 0.1) is 0 Å². The Morgan fingerprint density at radius 3 is 3.19 bits per heavy atom. The van der Waals surface area contributed by atoms with Gasteiger partial charge in [0.25, 0.3) is 5.56 Å². The monoisotopic (exact) mass is 222 g/mol. The summed E-state index contributed by atoms with van der Waals surface area (Å²) in [7, 11) is 1.41. The largest absolute Gasteiger partial charge is 0.489 e. The molecular formula is C9H10N4O3. The van der Waals surface area contributed by atoms with Crippen molar-refractivity contribution in [2.75, 3.05) is 12.4 Å². The van der Waals surface area contributed by atoms with Crippen LogP contribution >= 0.6 is 0 Å². The van der Waals surface area contributed by atoms with E-state index >= 15 is 0 Å². The predicted octanol–water partition coefficient (Wildman–Crippen LogP) is 0.379.